The maximum absolute atomic E-state index is 12.1. The number of benzene rings is 1. The molecule has 0 N–H and O–H groups in total. The molecule has 1 aliphatic heterocycles. The van der Waals surface area contributed by atoms with Gasteiger partial charge in [0.2, 0.25) is 0 Å². The van der Waals surface area contributed by atoms with E-state index in [2.05, 4.69) is 20.1 Å². The van der Waals surface area contributed by atoms with Gasteiger partial charge in [0.15, 0.2) is 5.69 Å². The molecule has 0 unspecified atom stereocenters. The zero-order valence-corrected chi connectivity index (χ0v) is 11.4. The molecule has 106 valence electrons. The lowest BCUT2D eigenvalue weighted by Gasteiger charge is -2.35. The average molecular weight is 282 g/mol. The van der Waals surface area contributed by atoms with Crippen LogP contribution in [0.25, 0.3) is 4.85 Å². The number of carbonyl (C=O) groups excluding carboxylic acids is 1. The van der Waals surface area contributed by atoms with Gasteiger partial charge in [0.05, 0.1) is 19.0 Å². The molecule has 21 heavy (non-hydrogen) atoms. The van der Waals surface area contributed by atoms with Crippen LogP contribution in [0.4, 0.5) is 16.2 Å². The molecule has 7 nitrogen and oxygen atoms in total. The molecule has 1 aliphatic rings. The van der Waals surface area contributed by atoms with Crippen molar-refractivity contribution in [3.05, 3.63) is 48.1 Å². The van der Waals surface area contributed by atoms with Gasteiger partial charge in [0.1, 0.15) is 0 Å². The van der Waals surface area contributed by atoms with Crippen molar-refractivity contribution in [2.24, 2.45) is 0 Å². The van der Waals surface area contributed by atoms with Crippen LogP contribution in [0.1, 0.15) is 0 Å². The summed E-state index contributed by atoms with van der Waals surface area (Å²) in [5.74, 6) is 0. The lowest BCUT2D eigenvalue weighted by atomic mass is 10.2. The minimum Gasteiger partial charge on any atom is -0.368 e. The quantitative estimate of drug-likeness (QED) is 0.746. The second-order valence-corrected chi connectivity index (χ2v) is 4.73. The molecule has 0 atom stereocenters. The Kier molecular flexibility index (Phi) is 3.51. The summed E-state index contributed by atoms with van der Waals surface area (Å²) in [7, 11) is 0. The molecule has 3 rings (SSSR count). The fourth-order valence-electron chi connectivity index (χ4n) is 2.35. The van der Waals surface area contributed by atoms with Crippen LogP contribution in [0.2, 0.25) is 0 Å². The van der Waals surface area contributed by atoms with E-state index in [1.165, 1.54) is 10.9 Å². The van der Waals surface area contributed by atoms with Crippen molar-refractivity contribution < 1.29 is 4.79 Å². The van der Waals surface area contributed by atoms with Crippen LogP contribution in [-0.2, 0) is 0 Å². The molecule has 0 bridgehead atoms. The van der Waals surface area contributed by atoms with Gasteiger partial charge in [-0.1, -0.05) is 17.3 Å². The summed E-state index contributed by atoms with van der Waals surface area (Å²) in [5, 5.41) is 7.37. The van der Waals surface area contributed by atoms with Gasteiger partial charge in [0.25, 0.3) is 0 Å². The first-order valence-corrected chi connectivity index (χ1v) is 6.66. The Bertz CT molecular complexity index is 650. The van der Waals surface area contributed by atoms with Crippen molar-refractivity contribution in [1.82, 2.24) is 19.9 Å². The maximum atomic E-state index is 12.1. The van der Waals surface area contributed by atoms with Gasteiger partial charge < -0.3 is 9.80 Å². The summed E-state index contributed by atoms with van der Waals surface area (Å²) in [6.45, 7) is 9.76. The Morgan fingerprint density at radius 2 is 1.86 bits per heavy atom. The molecule has 1 saturated heterocycles. The second-order valence-electron chi connectivity index (χ2n) is 4.73. The van der Waals surface area contributed by atoms with Crippen LogP contribution in [0.3, 0.4) is 0 Å². The summed E-state index contributed by atoms with van der Waals surface area (Å²) >= 11 is 0. The monoisotopic (exact) mass is 282 g/mol. The lowest BCUT2D eigenvalue weighted by Crippen LogP contribution is -2.50. The third-order valence-corrected chi connectivity index (χ3v) is 3.51. The number of aromatic nitrogens is 3. The first kappa shape index (κ1) is 13.1. The molecule has 1 fully saturated rings. The van der Waals surface area contributed by atoms with Gasteiger partial charge in [-0.2, -0.15) is 4.68 Å². The molecule has 1 amide bonds. The summed E-state index contributed by atoms with van der Waals surface area (Å²) in [4.78, 5) is 19.5. The topological polar surface area (TPSA) is 58.6 Å². The molecule has 0 spiro atoms. The molecule has 0 aliphatic carbocycles. The third kappa shape index (κ3) is 2.69. The number of amides is 1. The van der Waals surface area contributed by atoms with E-state index in [1.807, 2.05) is 24.3 Å². The molecular weight excluding hydrogens is 268 g/mol. The fourth-order valence-corrected chi connectivity index (χ4v) is 2.35. The molecule has 2 aromatic rings. The van der Waals surface area contributed by atoms with Crippen molar-refractivity contribution in [3.63, 3.8) is 0 Å². The molecule has 2 heterocycles. The van der Waals surface area contributed by atoms with Crippen molar-refractivity contribution in [3.8, 4) is 0 Å². The van der Waals surface area contributed by atoms with Crippen molar-refractivity contribution in [2.75, 3.05) is 31.1 Å². The highest BCUT2D eigenvalue weighted by atomic mass is 16.2. The van der Waals surface area contributed by atoms with Crippen molar-refractivity contribution >= 4 is 17.4 Å². The van der Waals surface area contributed by atoms with Crippen LogP contribution < -0.4 is 4.90 Å². The van der Waals surface area contributed by atoms with Gasteiger partial charge >= 0.3 is 6.03 Å². The number of anilines is 1. The molecule has 1 aromatic heterocycles. The average Bonchev–Trinajstić information content (AvgIpc) is 3.09. The smallest absolute Gasteiger partial charge is 0.346 e. The Morgan fingerprint density at radius 1 is 1.14 bits per heavy atom. The molecule has 1 aromatic carbocycles. The zero-order valence-electron chi connectivity index (χ0n) is 11.4. The van der Waals surface area contributed by atoms with Crippen LogP contribution in [-0.4, -0.2) is 52.1 Å². The SMILES string of the molecule is [C-]#[N+]c1ccc(N2CCN(C(=O)n3ccnn3)CC2)cc1. The van der Waals surface area contributed by atoms with E-state index in [0.29, 0.717) is 18.8 Å². The maximum Gasteiger partial charge on any atom is 0.346 e. The predicted molar refractivity (Wildman–Crippen MR) is 77.3 cm³/mol. The number of nitrogens with zero attached hydrogens (tertiary/aromatic N) is 6. The van der Waals surface area contributed by atoms with E-state index >= 15 is 0 Å². The van der Waals surface area contributed by atoms with Gasteiger partial charge in [-0.3, -0.25) is 0 Å². The molecular formula is C14H14N6O. The van der Waals surface area contributed by atoms with Crippen LogP contribution in [0.5, 0.6) is 0 Å². The minimum absolute atomic E-state index is 0.143. The Labute approximate surface area is 122 Å². The second kappa shape index (κ2) is 5.63. The normalized spacial score (nSPS) is 14.8. The Hall–Kier alpha value is -2.88. The minimum atomic E-state index is -0.143. The van der Waals surface area contributed by atoms with Crippen LogP contribution >= 0.6 is 0 Å². The van der Waals surface area contributed by atoms with E-state index < -0.39 is 0 Å². The van der Waals surface area contributed by atoms with E-state index in [1.54, 1.807) is 11.1 Å². The van der Waals surface area contributed by atoms with Gasteiger partial charge in [0, 0.05) is 31.9 Å². The molecule has 0 radical (unpaired) electrons. The number of hydrogen-bond donors (Lipinski definition) is 0. The number of hydrogen-bond acceptors (Lipinski definition) is 4. The number of piperazine rings is 1. The Balaban J connectivity index is 1.62. The predicted octanol–water partition coefficient (Wildman–Crippen LogP) is 1.62. The third-order valence-electron chi connectivity index (χ3n) is 3.51. The summed E-state index contributed by atoms with van der Waals surface area (Å²) < 4.78 is 1.25. The molecule has 7 heteroatoms. The summed E-state index contributed by atoms with van der Waals surface area (Å²) in [6.07, 6.45) is 3.05. The van der Waals surface area contributed by atoms with E-state index in [-0.39, 0.29) is 6.03 Å². The first-order chi connectivity index (χ1) is 10.3. The van der Waals surface area contributed by atoms with E-state index in [4.69, 9.17) is 6.57 Å². The standard InChI is InChI=1S/C14H14N6O/c1-15-12-2-4-13(5-3-12)18-8-10-19(11-9-18)14(21)20-7-6-16-17-20/h2-7H,8-11H2. The highest BCUT2D eigenvalue weighted by molar-refractivity contribution is 5.76. The molecule has 0 saturated carbocycles. The van der Waals surface area contributed by atoms with Crippen LogP contribution in [0, 0.1) is 6.57 Å². The van der Waals surface area contributed by atoms with Crippen molar-refractivity contribution in [1.29, 1.82) is 0 Å². The van der Waals surface area contributed by atoms with Gasteiger partial charge in [-0.15, -0.1) is 5.10 Å². The zero-order chi connectivity index (χ0) is 14.7. The van der Waals surface area contributed by atoms with Gasteiger partial charge in [-0.05, 0) is 12.1 Å². The summed E-state index contributed by atoms with van der Waals surface area (Å²) in [6, 6.07) is 7.38. The number of rotatable bonds is 1. The Morgan fingerprint density at radius 3 is 2.43 bits per heavy atom. The largest absolute Gasteiger partial charge is 0.368 e. The highest BCUT2D eigenvalue weighted by Gasteiger charge is 2.22. The number of carbonyl (C=O) groups is 1. The first-order valence-electron chi connectivity index (χ1n) is 6.66. The van der Waals surface area contributed by atoms with E-state index in [0.717, 1.165) is 18.8 Å². The van der Waals surface area contributed by atoms with Crippen LogP contribution in [0.15, 0.2) is 36.7 Å². The summed E-state index contributed by atoms with van der Waals surface area (Å²) in [5.41, 5.74) is 1.72. The lowest BCUT2D eigenvalue weighted by molar-refractivity contribution is 0.192. The fraction of sp³-hybridized carbons (Fsp3) is 0.286. The van der Waals surface area contributed by atoms with Gasteiger partial charge in [-0.25, -0.2) is 9.64 Å². The van der Waals surface area contributed by atoms with Crippen molar-refractivity contribution in [2.45, 2.75) is 0 Å². The van der Waals surface area contributed by atoms with E-state index in [9.17, 15) is 4.79 Å². The highest BCUT2D eigenvalue weighted by Crippen LogP contribution is 2.21.